The number of nitrogens with zero attached hydrogens (tertiary/aromatic N) is 1. The van der Waals surface area contributed by atoms with Gasteiger partial charge in [-0.15, -0.1) is 0 Å². The highest BCUT2D eigenvalue weighted by molar-refractivity contribution is 7.83. The Balaban J connectivity index is 2.05. The van der Waals surface area contributed by atoms with Crippen LogP contribution in [0.2, 0.25) is 0 Å². The Kier molecular flexibility index (Phi) is 4.85. The van der Waals surface area contributed by atoms with Gasteiger partial charge in [-0.05, 0) is 17.8 Å². The molecule has 0 aliphatic carbocycles. The van der Waals surface area contributed by atoms with Gasteiger partial charge in [0.25, 0.3) is 0 Å². The van der Waals surface area contributed by atoms with Gasteiger partial charge in [0.2, 0.25) is 7.14 Å². The van der Waals surface area contributed by atoms with Gasteiger partial charge in [0.1, 0.15) is 0 Å². The molecular weight excluding hydrogens is 313 g/mol. The summed E-state index contributed by atoms with van der Waals surface area (Å²) in [5.41, 5.74) is 4.03. The molecule has 24 heavy (non-hydrogen) atoms. The third kappa shape index (κ3) is 3.43. The highest BCUT2D eigenvalue weighted by atomic mass is 31.2. The van der Waals surface area contributed by atoms with Crippen molar-refractivity contribution in [3.63, 3.8) is 0 Å². The van der Waals surface area contributed by atoms with Crippen molar-refractivity contribution >= 4 is 23.4 Å². The number of para-hydroxylation sites is 1. The highest BCUT2D eigenvalue weighted by Crippen LogP contribution is 2.41. The molecule has 0 aliphatic heterocycles. The van der Waals surface area contributed by atoms with Crippen LogP contribution < -0.4 is 15.5 Å². The van der Waals surface area contributed by atoms with Gasteiger partial charge in [-0.2, -0.15) is 0 Å². The second kappa shape index (κ2) is 7.21. The van der Waals surface area contributed by atoms with Gasteiger partial charge in [0.05, 0.1) is 0 Å². The Morgan fingerprint density at radius 1 is 0.708 bits per heavy atom. The lowest BCUT2D eigenvalue weighted by Gasteiger charge is -2.14. The molecule has 3 rings (SSSR count). The predicted octanol–water partition coefficient (Wildman–Crippen LogP) is 4.06. The van der Waals surface area contributed by atoms with Crippen LogP contribution in [0.3, 0.4) is 0 Å². The number of benzene rings is 3. The van der Waals surface area contributed by atoms with Gasteiger partial charge in [-0.25, -0.2) is 0 Å². The molecule has 0 spiro atoms. The second-order valence-electron chi connectivity index (χ2n) is 5.40. The first kappa shape index (κ1) is 16.1. The smallest absolute Gasteiger partial charge is 0.212 e. The zero-order chi connectivity index (χ0) is 16.8. The molecule has 0 saturated carbocycles. The van der Waals surface area contributed by atoms with Crippen LogP contribution in [0.15, 0.2) is 91.0 Å². The lowest BCUT2D eigenvalue weighted by Crippen LogP contribution is -2.15. The molecule has 0 atom stereocenters. The Hall–Kier alpha value is -2.75. The molecule has 0 N–H and O–H groups in total. The van der Waals surface area contributed by atoms with E-state index in [0.717, 1.165) is 16.3 Å². The van der Waals surface area contributed by atoms with Crippen molar-refractivity contribution in [2.24, 2.45) is 0 Å². The molecule has 0 radical (unpaired) electrons. The Bertz CT molecular complexity index is 853. The summed E-state index contributed by atoms with van der Waals surface area (Å²) in [6.45, 7) is 0. The number of rotatable bonds is 3. The largest absolute Gasteiger partial charge is 0.304 e. The molecule has 3 aromatic carbocycles. The van der Waals surface area contributed by atoms with Crippen molar-refractivity contribution in [2.45, 2.75) is 0 Å². The summed E-state index contributed by atoms with van der Waals surface area (Å²) in [6.07, 6.45) is 0. The molecule has 0 bridgehead atoms. The van der Waals surface area contributed by atoms with E-state index in [1.54, 1.807) is 4.90 Å². The molecule has 0 aliphatic rings. The topological polar surface area (TPSA) is 20.3 Å². The quantitative estimate of drug-likeness (QED) is 0.410. The molecular formula is C21H18NOP. The molecule has 2 nitrogen and oxygen atoms in total. The van der Waals surface area contributed by atoms with Gasteiger partial charge in [0.15, 0.2) is 0 Å². The minimum Gasteiger partial charge on any atom is -0.304 e. The lowest BCUT2D eigenvalue weighted by molar-refractivity contribution is 0.593. The number of hydrogen-bond donors (Lipinski definition) is 0. The van der Waals surface area contributed by atoms with Crippen molar-refractivity contribution < 1.29 is 4.57 Å². The van der Waals surface area contributed by atoms with Gasteiger partial charge in [0, 0.05) is 29.4 Å². The average Bonchev–Trinajstić information content (AvgIpc) is 2.68. The molecule has 0 amide bonds. The van der Waals surface area contributed by atoms with Crippen LogP contribution in [-0.2, 0) is 4.57 Å². The predicted molar refractivity (Wildman–Crippen MR) is 102 cm³/mol. The second-order valence-corrected chi connectivity index (χ2v) is 7.87. The van der Waals surface area contributed by atoms with E-state index in [-0.39, 0.29) is 0 Å². The summed E-state index contributed by atoms with van der Waals surface area (Å²) < 4.78 is 13.8. The third-order valence-corrected chi connectivity index (χ3v) is 6.22. The van der Waals surface area contributed by atoms with Crippen LogP contribution in [0.4, 0.5) is 5.69 Å². The van der Waals surface area contributed by atoms with Crippen LogP contribution in [-0.4, -0.2) is 7.05 Å². The van der Waals surface area contributed by atoms with Crippen LogP contribution in [0.5, 0.6) is 0 Å². The summed E-state index contributed by atoms with van der Waals surface area (Å²) >= 11 is 0. The zero-order valence-corrected chi connectivity index (χ0v) is 14.4. The zero-order valence-electron chi connectivity index (χ0n) is 13.5. The van der Waals surface area contributed by atoms with E-state index in [0.29, 0.717) is 0 Å². The standard InChI is InChI=1S/C21H18NOP/c1-22(19-11-5-2-6-12-19)17-18-24(23,20-13-7-3-8-14-20)21-15-9-4-10-16-21/h2-16H,1H3. The van der Waals surface area contributed by atoms with Crippen molar-refractivity contribution in [3.8, 4) is 11.7 Å². The molecule has 118 valence electrons. The Morgan fingerprint density at radius 3 is 1.58 bits per heavy atom. The fourth-order valence-corrected chi connectivity index (χ4v) is 4.45. The van der Waals surface area contributed by atoms with E-state index in [1.165, 1.54) is 0 Å². The third-order valence-electron chi connectivity index (χ3n) is 3.76. The van der Waals surface area contributed by atoms with Gasteiger partial charge in [-0.1, -0.05) is 78.9 Å². The SMILES string of the molecule is CN(C#CP(=O)(c1ccccc1)c1ccccc1)c1ccccc1. The summed E-state index contributed by atoms with van der Waals surface area (Å²) in [6, 6.07) is 31.8. The van der Waals surface area contributed by atoms with Crippen molar-refractivity contribution in [2.75, 3.05) is 11.9 Å². The molecule has 0 unspecified atom stereocenters. The van der Waals surface area contributed by atoms with Crippen LogP contribution in [0.25, 0.3) is 0 Å². The van der Waals surface area contributed by atoms with Crippen molar-refractivity contribution in [1.82, 2.24) is 0 Å². The van der Waals surface area contributed by atoms with E-state index in [4.69, 9.17) is 0 Å². The summed E-state index contributed by atoms with van der Waals surface area (Å²) in [4.78, 5) is 1.80. The maximum Gasteiger partial charge on any atom is 0.212 e. The van der Waals surface area contributed by atoms with E-state index in [9.17, 15) is 4.57 Å². The van der Waals surface area contributed by atoms with Crippen LogP contribution in [0.1, 0.15) is 0 Å². The van der Waals surface area contributed by atoms with E-state index in [1.807, 2.05) is 98.0 Å². The van der Waals surface area contributed by atoms with Gasteiger partial charge in [-0.3, -0.25) is 4.57 Å². The molecule has 0 fully saturated rings. The molecule has 3 heteroatoms. The Morgan fingerprint density at radius 2 is 1.12 bits per heavy atom. The first-order valence-electron chi connectivity index (χ1n) is 7.73. The van der Waals surface area contributed by atoms with Gasteiger partial charge < -0.3 is 4.90 Å². The molecule has 0 aromatic heterocycles. The summed E-state index contributed by atoms with van der Waals surface area (Å²) in [7, 11) is -1.12. The summed E-state index contributed by atoms with van der Waals surface area (Å²) in [5, 5.41) is 1.51. The molecule has 0 saturated heterocycles. The monoisotopic (exact) mass is 331 g/mol. The fraction of sp³-hybridized carbons (Fsp3) is 0.0476. The number of hydrogen-bond acceptors (Lipinski definition) is 2. The van der Waals surface area contributed by atoms with E-state index >= 15 is 0 Å². The molecule has 0 heterocycles. The van der Waals surface area contributed by atoms with E-state index in [2.05, 4.69) is 11.7 Å². The van der Waals surface area contributed by atoms with Gasteiger partial charge >= 0.3 is 0 Å². The highest BCUT2D eigenvalue weighted by Gasteiger charge is 2.24. The van der Waals surface area contributed by atoms with Crippen molar-refractivity contribution in [3.05, 3.63) is 91.0 Å². The first-order chi connectivity index (χ1) is 11.7. The average molecular weight is 331 g/mol. The van der Waals surface area contributed by atoms with Crippen molar-refractivity contribution in [1.29, 1.82) is 0 Å². The van der Waals surface area contributed by atoms with Crippen LogP contribution >= 0.6 is 7.14 Å². The summed E-state index contributed by atoms with van der Waals surface area (Å²) in [5.74, 6) is 0. The Labute approximate surface area is 143 Å². The minimum absolute atomic E-state index is 0.755. The van der Waals surface area contributed by atoms with E-state index < -0.39 is 7.14 Å². The minimum atomic E-state index is -3.00. The maximum atomic E-state index is 13.8. The maximum absolute atomic E-state index is 13.8. The fourth-order valence-electron chi connectivity index (χ4n) is 2.42. The first-order valence-corrected chi connectivity index (χ1v) is 9.44. The normalized spacial score (nSPS) is 10.5. The van der Waals surface area contributed by atoms with Crippen LogP contribution in [0, 0.1) is 11.7 Å². The lowest BCUT2D eigenvalue weighted by atomic mass is 10.3. The molecule has 3 aromatic rings. The number of anilines is 1.